The summed E-state index contributed by atoms with van der Waals surface area (Å²) in [6.45, 7) is 1.96. The largest absolute Gasteiger partial charge is 0.497 e. The average molecular weight is 326 g/mol. The van der Waals surface area contributed by atoms with Gasteiger partial charge >= 0.3 is 0 Å². The van der Waals surface area contributed by atoms with Gasteiger partial charge in [0.15, 0.2) is 0 Å². The first-order valence-electron chi connectivity index (χ1n) is 8.09. The highest BCUT2D eigenvalue weighted by atomic mass is 16.5. The maximum atomic E-state index is 12.8. The van der Waals surface area contributed by atoms with Crippen LogP contribution in [0.1, 0.15) is 40.6 Å². The average Bonchev–Trinajstić information content (AvgIpc) is 3.43. The van der Waals surface area contributed by atoms with Crippen molar-refractivity contribution in [1.82, 2.24) is 10.3 Å². The van der Waals surface area contributed by atoms with E-state index in [1.54, 1.807) is 32.4 Å². The summed E-state index contributed by atoms with van der Waals surface area (Å²) >= 11 is 0. The molecule has 1 aromatic carbocycles. The van der Waals surface area contributed by atoms with Crippen molar-refractivity contribution in [3.05, 3.63) is 53.3 Å². The number of carbonyl (C=O) groups is 1. The van der Waals surface area contributed by atoms with Crippen LogP contribution < -0.4 is 14.8 Å². The molecule has 1 aromatic heterocycles. The molecular weight excluding hydrogens is 304 g/mol. The van der Waals surface area contributed by atoms with Crippen molar-refractivity contribution >= 4 is 5.91 Å². The summed E-state index contributed by atoms with van der Waals surface area (Å²) in [6.07, 6.45) is 2.22. The molecule has 126 valence electrons. The Labute approximate surface area is 142 Å². The number of nitrogens with one attached hydrogen (secondary N) is 1. The number of pyridine rings is 1. The summed E-state index contributed by atoms with van der Waals surface area (Å²) in [5.74, 6) is 1.45. The molecule has 3 rings (SSSR count). The molecule has 0 saturated heterocycles. The number of aryl methyl sites for hydroxylation is 1. The van der Waals surface area contributed by atoms with Crippen molar-refractivity contribution < 1.29 is 14.3 Å². The van der Waals surface area contributed by atoms with E-state index in [0.717, 1.165) is 24.2 Å². The SMILES string of the molecule is COc1ccc(C(=O)N[C@@H](c2cccc(C)n2)C2CC2)c(OC)c1. The molecule has 0 unspecified atom stereocenters. The number of carbonyl (C=O) groups excluding carboxylic acids is 1. The molecule has 0 radical (unpaired) electrons. The Morgan fingerprint density at radius 2 is 2.00 bits per heavy atom. The van der Waals surface area contributed by atoms with Gasteiger partial charge in [-0.3, -0.25) is 9.78 Å². The number of benzene rings is 1. The highest BCUT2D eigenvalue weighted by molar-refractivity contribution is 5.97. The minimum absolute atomic E-state index is 0.0655. The lowest BCUT2D eigenvalue weighted by Crippen LogP contribution is -2.30. The monoisotopic (exact) mass is 326 g/mol. The molecule has 1 amide bonds. The second-order valence-corrected chi connectivity index (χ2v) is 6.06. The van der Waals surface area contributed by atoms with Crippen LogP contribution in [0.15, 0.2) is 36.4 Å². The Balaban J connectivity index is 1.84. The maximum Gasteiger partial charge on any atom is 0.255 e. The van der Waals surface area contributed by atoms with Crippen LogP contribution in [0.4, 0.5) is 0 Å². The smallest absolute Gasteiger partial charge is 0.255 e. The fraction of sp³-hybridized carbons (Fsp3) is 0.368. The van der Waals surface area contributed by atoms with Gasteiger partial charge in [-0.2, -0.15) is 0 Å². The lowest BCUT2D eigenvalue weighted by molar-refractivity contribution is 0.0927. The first-order valence-corrected chi connectivity index (χ1v) is 8.09. The van der Waals surface area contributed by atoms with Crippen LogP contribution in [0.3, 0.4) is 0 Å². The Kier molecular flexibility index (Phi) is 4.69. The predicted molar refractivity (Wildman–Crippen MR) is 91.5 cm³/mol. The third-order valence-electron chi connectivity index (χ3n) is 4.26. The molecule has 1 fully saturated rings. The van der Waals surface area contributed by atoms with E-state index in [0.29, 0.717) is 23.0 Å². The number of hydrogen-bond acceptors (Lipinski definition) is 4. The first kappa shape index (κ1) is 16.3. The van der Waals surface area contributed by atoms with Crippen LogP contribution in [0.2, 0.25) is 0 Å². The standard InChI is InChI=1S/C19H22N2O3/c1-12-5-4-6-16(20-12)18(13-7-8-13)21-19(22)15-10-9-14(23-2)11-17(15)24-3/h4-6,9-11,13,18H,7-8H2,1-3H3,(H,21,22)/t18-/m1/s1. The van der Waals surface area contributed by atoms with Crippen LogP contribution >= 0.6 is 0 Å². The normalized spacial score (nSPS) is 14.8. The van der Waals surface area contributed by atoms with E-state index in [1.165, 1.54) is 0 Å². The van der Waals surface area contributed by atoms with Gasteiger partial charge < -0.3 is 14.8 Å². The van der Waals surface area contributed by atoms with Gasteiger partial charge in [0, 0.05) is 11.8 Å². The predicted octanol–water partition coefficient (Wildman–Crippen LogP) is 3.29. The fourth-order valence-corrected chi connectivity index (χ4v) is 2.81. The van der Waals surface area contributed by atoms with Crippen LogP contribution in [0.5, 0.6) is 11.5 Å². The molecule has 1 N–H and O–H groups in total. The number of aromatic nitrogens is 1. The summed E-state index contributed by atoms with van der Waals surface area (Å²) in [5, 5.41) is 3.13. The summed E-state index contributed by atoms with van der Waals surface area (Å²) < 4.78 is 10.5. The molecule has 0 bridgehead atoms. The van der Waals surface area contributed by atoms with E-state index in [4.69, 9.17) is 9.47 Å². The second kappa shape index (κ2) is 6.91. The Morgan fingerprint density at radius 3 is 2.62 bits per heavy atom. The van der Waals surface area contributed by atoms with Crippen LogP contribution in [-0.2, 0) is 0 Å². The Hall–Kier alpha value is -2.56. The second-order valence-electron chi connectivity index (χ2n) is 6.06. The molecule has 0 aliphatic heterocycles. The molecule has 1 aliphatic carbocycles. The van der Waals surface area contributed by atoms with Gasteiger partial charge in [-0.05, 0) is 49.9 Å². The third kappa shape index (κ3) is 3.50. The Bertz CT molecular complexity index is 741. The van der Waals surface area contributed by atoms with E-state index in [1.807, 2.05) is 25.1 Å². The highest BCUT2D eigenvalue weighted by Gasteiger charge is 2.35. The van der Waals surface area contributed by atoms with Crippen LogP contribution in [0, 0.1) is 12.8 Å². The zero-order valence-corrected chi connectivity index (χ0v) is 14.2. The number of methoxy groups -OCH3 is 2. The molecule has 5 nitrogen and oxygen atoms in total. The summed E-state index contributed by atoms with van der Waals surface area (Å²) in [5.41, 5.74) is 2.37. The molecule has 1 saturated carbocycles. The maximum absolute atomic E-state index is 12.8. The van der Waals surface area contributed by atoms with E-state index in [2.05, 4.69) is 10.3 Å². The van der Waals surface area contributed by atoms with E-state index < -0.39 is 0 Å². The molecule has 24 heavy (non-hydrogen) atoms. The highest BCUT2D eigenvalue weighted by Crippen LogP contribution is 2.40. The summed E-state index contributed by atoms with van der Waals surface area (Å²) in [7, 11) is 3.13. The van der Waals surface area contributed by atoms with E-state index in [-0.39, 0.29) is 11.9 Å². The van der Waals surface area contributed by atoms with Gasteiger partial charge in [0.1, 0.15) is 11.5 Å². The topological polar surface area (TPSA) is 60.5 Å². The number of amides is 1. The van der Waals surface area contributed by atoms with Crippen molar-refractivity contribution in [2.24, 2.45) is 5.92 Å². The first-order chi connectivity index (χ1) is 11.6. The van der Waals surface area contributed by atoms with Crippen LogP contribution in [0.25, 0.3) is 0 Å². The number of nitrogens with zero attached hydrogens (tertiary/aromatic N) is 1. The van der Waals surface area contributed by atoms with Crippen molar-refractivity contribution in [3.63, 3.8) is 0 Å². The minimum atomic E-state index is -0.158. The summed E-state index contributed by atoms with van der Waals surface area (Å²) in [4.78, 5) is 17.4. The van der Waals surface area contributed by atoms with E-state index >= 15 is 0 Å². The quantitative estimate of drug-likeness (QED) is 0.885. The van der Waals surface area contributed by atoms with Gasteiger partial charge in [-0.1, -0.05) is 6.07 Å². The van der Waals surface area contributed by atoms with Gasteiger partial charge in [-0.25, -0.2) is 0 Å². The van der Waals surface area contributed by atoms with Crippen molar-refractivity contribution in [2.45, 2.75) is 25.8 Å². The van der Waals surface area contributed by atoms with Gasteiger partial charge in [-0.15, -0.1) is 0 Å². The van der Waals surface area contributed by atoms with Crippen molar-refractivity contribution in [1.29, 1.82) is 0 Å². The number of ether oxygens (including phenoxy) is 2. The summed E-state index contributed by atoms with van der Waals surface area (Å²) in [6, 6.07) is 11.0. The molecular formula is C19H22N2O3. The van der Waals surface area contributed by atoms with Gasteiger partial charge in [0.25, 0.3) is 5.91 Å². The molecule has 5 heteroatoms. The minimum Gasteiger partial charge on any atom is -0.497 e. The zero-order valence-electron chi connectivity index (χ0n) is 14.2. The lowest BCUT2D eigenvalue weighted by atomic mass is 10.1. The van der Waals surface area contributed by atoms with Crippen molar-refractivity contribution in [3.8, 4) is 11.5 Å². The lowest BCUT2D eigenvalue weighted by Gasteiger charge is -2.19. The molecule has 1 heterocycles. The number of rotatable bonds is 6. The van der Waals surface area contributed by atoms with Crippen molar-refractivity contribution in [2.75, 3.05) is 14.2 Å². The third-order valence-corrected chi connectivity index (χ3v) is 4.26. The molecule has 1 aliphatic rings. The van der Waals surface area contributed by atoms with Gasteiger partial charge in [0.2, 0.25) is 0 Å². The molecule has 1 atom stereocenters. The van der Waals surface area contributed by atoms with Gasteiger partial charge in [0.05, 0.1) is 31.5 Å². The fourth-order valence-electron chi connectivity index (χ4n) is 2.81. The molecule has 2 aromatic rings. The molecule has 0 spiro atoms. The number of hydrogen-bond donors (Lipinski definition) is 1. The Morgan fingerprint density at radius 1 is 1.21 bits per heavy atom. The van der Waals surface area contributed by atoms with Crippen LogP contribution in [-0.4, -0.2) is 25.1 Å². The zero-order chi connectivity index (χ0) is 17.1. The van der Waals surface area contributed by atoms with E-state index in [9.17, 15) is 4.79 Å².